The van der Waals surface area contributed by atoms with Crippen molar-refractivity contribution in [3.05, 3.63) is 68.6 Å². The normalized spacial score (nSPS) is 11.7. The first-order valence-corrected chi connectivity index (χ1v) is 9.07. The second-order valence-electron chi connectivity index (χ2n) is 4.51. The summed E-state index contributed by atoms with van der Waals surface area (Å²) >= 11 is 2.21. The lowest BCUT2D eigenvalue weighted by molar-refractivity contribution is 0.414. The molecule has 0 unspecified atom stereocenters. The van der Waals surface area contributed by atoms with Crippen molar-refractivity contribution in [2.75, 3.05) is 7.11 Å². The third kappa shape index (κ3) is 5.17. The van der Waals surface area contributed by atoms with Crippen LogP contribution in [0.1, 0.15) is 11.1 Å². The van der Waals surface area contributed by atoms with Crippen molar-refractivity contribution in [3.8, 4) is 5.75 Å². The number of rotatable bonds is 5. The molecule has 0 aromatic heterocycles. The van der Waals surface area contributed by atoms with Gasteiger partial charge in [0.25, 0.3) is 0 Å². The quantitative estimate of drug-likeness (QED) is 0.698. The second kappa shape index (κ2) is 7.09. The predicted molar refractivity (Wildman–Crippen MR) is 93.8 cm³/mol. The smallest absolute Gasteiger partial charge is 0.175 e. The highest BCUT2D eigenvalue weighted by Crippen LogP contribution is 2.15. The molecule has 0 N–H and O–H groups in total. The van der Waals surface area contributed by atoms with Crippen molar-refractivity contribution >= 4 is 38.5 Å². The molecule has 5 heteroatoms. The van der Waals surface area contributed by atoms with Crippen LogP contribution in [0.3, 0.4) is 0 Å². The molecular formula is C16H15IO3S. The average molecular weight is 414 g/mol. The minimum atomic E-state index is -3.29. The lowest BCUT2D eigenvalue weighted by atomic mass is 10.2. The van der Waals surface area contributed by atoms with Crippen molar-refractivity contribution < 1.29 is 13.2 Å². The summed E-state index contributed by atoms with van der Waals surface area (Å²) in [5, 5.41) is 1.26. The van der Waals surface area contributed by atoms with Crippen LogP contribution >= 0.6 is 22.6 Å². The Morgan fingerprint density at radius 1 is 1.05 bits per heavy atom. The van der Waals surface area contributed by atoms with Crippen LogP contribution in [-0.4, -0.2) is 15.5 Å². The topological polar surface area (TPSA) is 43.4 Å². The summed E-state index contributed by atoms with van der Waals surface area (Å²) in [5.41, 5.74) is 1.61. The molecule has 0 heterocycles. The Morgan fingerprint density at radius 3 is 2.24 bits per heavy atom. The maximum atomic E-state index is 12.1. The highest BCUT2D eigenvalue weighted by Gasteiger charge is 2.08. The highest BCUT2D eigenvalue weighted by molar-refractivity contribution is 14.1. The summed E-state index contributed by atoms with van der Waals surface area (Å²) in [6.45, 7) is 0. The lowest BCUT2D eigenvalue weighted by Crippen LogP contribution is -1.99. The maximum absolute atomic E-state index is 12.1. The Morgan fingerprint density at radius 2 is 1.67 bits per heavy atom. The van der Waals surface area contributed by atoms with Crippen LogP contribution in [0, 0.1) is 3.57 Å². The van der Waals surface area contributed by atoms with Gasteiger partial charge in [-0.05, 0) is 64.1 Å². The van der Waals surface area contributed by atoms with Crippen molar-refractivity contribution in [1.29, 1.82) is 0 Å². The van der Waals surface area contributed by atoms with Crippen LogP contribution in [0.25, 0.3) is 6.08 Å². The fourth-order valence-electron chi connectivity index (χ4n) is 1.76. The van der Waals surface area contributed by atoms with E-state index in [1.165, 1.54) is 5.41 Å². The number of methoxy groups -OCH3 is 1. The molecule has 2 aromatic carbocycles. The van der Waals surface area contributed by atoms with E-state index in [4.69, 9.17) is 4.74 Å². The molecule has 2 rings (SSSR count). The SMILES string of the molecule is COc1ccc(CS(=O)(=O)/C=C/c2ccc(I)cc2)cc1. The first kappa shape index (κ1) is 16.0. The Kier molecular flexibility index (Phi) is 5.41. The molecule has 0 aliphatic heterocycles. The van der Waals surface area contributed by atoms with Gasteiger partial charge >= 0.3 is 0 Å². The number of hydrogen-bond donors (Lipinski definition) is 0. The number of halogens is 1. The molecule has 0 saturated carbocycles. The zero-order valence-corrected chi connectivity index (χ0v) is 14.5. The van der Waals surface area contributed by atoms with E-state index in [-0.39, 0.29) is 5.75 Å². The van der Waals surface area contributed by atoms with Crippen molar-refractivity contribution in [2.24, 2.45) is 0 Å². The van der Waals surface area contributed by atoms with Crippen LogP contribution in [0.4, 0.5) is 0 Å². The standard InChI is InChI=1S/C16H15IO3S/c1-20-16-8-4-14(5-9-16)12-21(18,19)11-10-13-2-6-15(17)7-3-13/h2-11H,12H2,1H3/b11-10+. The molecule has 0 amide bonds. The summed E-state index contributed by atoms with van der Waals surface area (Å²) in [5.74, 6) is 0.697. The van der Waals surface area contributed by atoms with E-state index in [2.05, 4.69) is 22.6 Å². The van der Waals surface area contributed by atoms with Gasteiger partial charge in [0.2, 0.25) is 0 Å². The summed E-state index contributed by atoms with van der Waals surface area (Å²) in [4.78, 5) is 0. The summed E-state index contributed by atoms with van der Waals surface area (Å²) in [6.07, 6.45) is 1.62. The number of sulfone groups is 1. The van der Waals surface area contributed by atoms with Gasteiger partial charge in [-0.2, -0.15) is 0 Å². The average Bonchev–Trinajstić information content (AvgIpc) is 2.47. The number of ether oxygens (including phenoxy) is 1. The molecule has 110 valence electrons. The summed E-state index contributed by atoms with van der Waals surface area (Å²) in [7, 11) is -1.71. The fraction of sp³-hybridized carbons (Fsp3) is 0.125. The molecule has 21 heavy (non-hydrogen) atoms. The van der Waals surface area contributed by atoms with Gasteiger partial charge in [-0.25, -0.2) is 8.42 Å². The third-order valence-electron chi connectivity index (χ3n) is 2.86. The Hall–Kier alpha value is -1.34. The van der Waals surface area contributed by atoms with E-state index in [0.29, 0.717) is 5.75 Å². The minimum absolute atomic E-state index is 0.0160. The van der Waals surface area contributed by atoms with Crippen LogP contribution in [-0.2, 0) is 15.6 Å². The van der Waals surface area contributed by atoms with Crippen molar-refractivity contribution in [3.63, 3.8) is 0 Å². The molecule has 0 radical (unpaired) electrons. The zero-order valence-electron chi connectivity index (χ0n) is 11.5. The van der Waals surface area contributed by atoms with Gasteiger partial charge in [0, 0.05) is 8.98 Å². The molecule has 0 fully saturated rings. The first-order valence-electron chi connectivity index (χ1n) is 6.28. The van der Waals surface area contributed by atoms with Gasteiger partial charge in [0.05, 0.1) is 12.9 Å². The Balaban J connectivity index is 2.08. The van der Waals surface area contributed by atoms with Crippen LogP contribution in [0.15, 0.2) is 53.9 Å². The molecule has 0 aliphatic carbocycles. The fourth-order valence-corrected chi connectivity index (χ4v) is 3.24. The molecule has 0 spiro atoms. The van der Waals surface area contributed by atoms with Crippen molar-refractivity contribution in [1.82, 2.24) is 0 Å². The predicted octanol–water partition coefficient (Wildman–Crippen LogP) is 3.89. The van der Waals surface area contributed by atoms with E-state index in [1.54, 1.807) is 37.5 Å². The van der Waals surface area contributed by atoms with Crippen LogP contribution < -0.4 is 4.74 Å². The van der Waals surface area contributed by atoms with E-state index >= 15 is 0 Å². The van der Waals surface area contributed by atoms with Gasteiger partial charge in [0.15, 0.2) is 9.84 Å². The van der Waals surface area contributed by atoms with E-state index in [9.17, 15) is 8.42 Å². The molecule has 2 aromatic rings. The molecule has 0 saturated heterocycles. The largest absolute Gasteiger partial charge is 0.497 e. The Labute approximate surface area is 138 Å². The highest BCUT2D eigenvalue weighted by atomic mass is 127. The second-order valence-corrected chi connectivity index (χ2v) is 7.64. The van der Waals surface area contributed by atoms with Gasteiger partial charge in [-0.1, -0.05) is 24.3 Å². The summed E-state index contributed by atoms with van der Waals surface area (Å²) in [6, 6.07) is 14.7. The number of benzene rings is 2. The maximum Gasteiger partial charge on any atom is 0.175 e. The first-order chi connectivity index (χ1) is 9.98. The zero-order chi connectivity index (χ0) is 15.3. The number of hydrogen-bond acceptors (Lipinski definition) is 3. The third-order valence-corrected chi connectivity index (χ3v) is 4.87. The molecular weight excluding hydrogens is 399 g/mol. The lowest BCUT2D eigenvalue weighted by Gasteiger charge is -2.02. The molecule has 3 nitrogen and oxygen atoms in total. The van der Waals surface area contributed by atoms with E-state index < -0.39 is 9.84 Å². The Bertz CT molecular complexity index is 717. The van der Waals surface area contributed by atoms with Gasteiger partial charge in [-0.3, -0.25) is 0 Å². The van der Waals surface area contributed by atoms with Gasteiger partial charge in [-0.15, -0.1) is 0 Å². The van der Waals surface area contributed by atoms with Gasteiger partial charge < -0.3 is 4.74 Å². The molecule has 0 aliphatic rings. The minimum Gasteiger partial charge on any atom is -0.497 e. The van der Waals surface area contributed by atoms with Crippen LogP contribution in [0.5, 0.6) is 5.75 Å². The summed E-state index contributed by atoms with van der Waals surface area (Å²) < 4.78 is 30.3. The van der Waals surface area contributed by atoms with Crippen LogP contribution in [0.2, 0.25) is 0 Å². The molecule has 0 bridgehead atoms. The van der Waals surface area contributed by atoms with E-state index in [1.807, 2.05) is 24.3 Å². The molecule has 0 atom stereocenters. The van der Waals surface area contributed by atoms with Crippen molar-refractivity contribution in [2.45, 2.75) is 5.75 Å². The van der Waals surface area contributed by atoms with E-state index in [0.717, 1.165) is 14.7 Å². The monoisotopic (exact) mass is 414 g/mol. The van der Waals surface area contributed by atoms with Gasteiger partial charge in [0.1, 0.15) is 5.75 Å².